The summed E-state index contributed by atoms with van der Waals surface area (Å²) in [7, 11) is 0. The highest BCUT2D eigenvalue weighted by atomic mass is 16.4. The van der Waals surface area contributed by atoms with E-state index in [2.05, 4.69) is 10.2 Å². The first-order valence-corrected chi connectivity index (χ1v) is 6.15. The summed E-state index contributed by atoms with van der Waals surface area (Å²) in [4.78, 5) is 26.1. The quantitative estimate of drug-likeness (QED) is 0.724. The number of likely N-dealkylation sites (tertiary alicyclic amines) is 1. The number of hydrogen-bond donors (Lipinski definition) is 2. The molecule has 0 radical (unpaired) electrons. The summed E-state index contributed by atoms with van der Waals surface area (Å²) in [6, 6.07) is 0.273. The van der Waals surface area contributed by atoms with Crippen LogP contribution in [0.1, 0.15) is 19.3 Å². The molecule has 2 saturated heterocycles. The molecule has 0 aromatic rings. The molecule has 0 aliphatic carbocycles. The van der Waals surface area contributed by atoms with Gasteiger partial charge in [0.2, 0.25) is 0 Å². The van der Waals surface area contributed by atoms with Crippen LogP contribution < -0.4 is 5.32 Å². The van der Waals surface area contributed by atoms with E-state index in [1.165, 1.54) is 0 Å². The molecule has 2 heterocycles. The zero-order chi connectivity index (χ0) is 12.3. The van der Waals surface area contributed by atoms with Crippen LogP contribution in [0.5, 0.6) is 0 Å². The van der Waals surface area contributed by atoms with E-state index < -0.39 is 5.97 Å². The van der Waals surface area contributed by atoms with E-state index in [9.17, 15) is 9.59 Å². The number of piperidine rings is 1. The van der Waals surface area contributed by atoms with E-state index in [4.69, 9.17) is 5.11 Å². The number of carbonyl (C=O) groups excluding carboxylic acids is 1. The van der Waals surface area contributed by atoms with E-state index >= 15 is 0 Å². The van der Waals surface area contributed by atoms with E-state index in [1.807, 2.05) is 4.90 Å². The van der Waals surface area contributed by atoms with Crippen molar-refractivity contribution in [2.45, 2.75) is 25.3 Å². The van der Waals surface area contributed by atoms with Crippen molar-refractivity contribution in [2.75, 3.05) is 32.7 Å². The lowest BCUT2D eigenvalue weighted by Gasteiger charge is -2.36. The van der Waals surface area contributed by atoms with Gasteiger partial charge in [-0.3, -0.25) is 4.79 Å². The molecule has 17 heavy (non-hydrogen) atoms. The number of nitrogens with one attached hydrogen (secondary N) is 1. The van der Waals surface area contributed by atoms with Crippen molar-refractivity contribution in [3.05, 3.63) is 0 Å². The number of rotatable bonds is 4. The van der Waals surface area contributed by atoms with Gasteiger partial charge >= 0.3 is 12.0 Å². The number of carboxylic acids is 1. The van der Waals surface area contributed by atoms with Crippen molar-refractivity contribution in [3.63, 3.8) is 0 Å². The Balaban J connectivity index is 1.84. The Labute approximate surface area is 101 Å². The van der Waals surface area contributed by atoms with Crippen LogP contribution in [0.4, 0.5) is 4.79 Å². The minimum absolute atomic E-state index is 0.0232. The number of carbonyl (C=O) groups is 2. The van der Waals surface area contributed by atoms with E-state index in [0.29, 0.717) is 6.54 Å². The van der Waals surface area contributed by atoms with Gasteiger partial charge in [0.25, 0.3) is 0 Å². The Morgan fingerprint density at radius 3 is 2.94 bits per heavy atom. The highest BCUT2D eigenvalue weighted by Gasteiger charge is 2.31. The molecule has 0 unspecified atom stereocenters. The smallest absolute Gasteiger partial charge is 0.317 e. The summed E-state index contributed by atoms with van der Waals surface area (Å²) in [6.45, 7) is 3.84. The standard InChI is InChI=1S/C11H19N3O3/c15-10(16)3-6-13-5-1-2-9(8-13)14-7-4-12-11(14)17/h9H,1-8H2,(H,12,17)(H,15,16)/t9-/m1/s1. The average Bonchev–Trinajstić information content (AvgIpc) is 2.73. The number of aliphatic carboxylic acids is 1. The normalized spacial score (nSPS) is 26.0. The van der Waals surface area contributed by atoms with Crippen molar-refractivity contribution < 1.29 is 14.7 Å². The van der Waals surface area contributed by atoms with Crippen LogP contribution in [0.3, 0.4) is 0 Å². The second-order valence-electron chi connectivity index (χ2n) is 4.67. The highest BCUT2D eigenvalue weighted by molar-refractivity contribution is 5.76. The zero-order valence-electron chi connectivity index (χ0n) is 9.89. The molecule has 2 aliphatic heterocycles. The molecular weight excluding hydrogens is 222 g/mol. The van der Waals surface area contributed by atoms with Gasteiger partial charge in [-0.15, -0.1) is 0 Å². The van der Waals surface area contributed by atoms with Crippen LogP contribution in [-0.2, 0) is 4.79 Å². The molecule has 2 N–H and O–H groups in total. The second-order valence-corrected chi connectivity index (χ2v) is 4.67. The monoisotopic (exact) mass is 241 g/mol. The van der Waals surface area contributed by atoms with Crippen molar-refractivity contribution in [2.24, 2.45) is 0 Å². The summed E-state index contributed by atoms with van der Waals surface area (Å²) in [6.07, 6.45) is 2.24. The predicted octanol–water partition coefficient (Wildman–Crippen LogP) is -0.0493. The van der Waals surface area contributed by atoms with Crippen LogP contribution in [-0.4, -0.2) is 65.7 Å². The Morgan fingerprint density at radius 2 is 2.29 bits per heavy atom. The number of hydrogen-bond acceptors (Lipinski definition) is 3. The van der Waals surface area contributed by atoms with Crippen LogP contribution >= 0.6 is 0 Å². The number of nitrogens with zero attached hydrogens (tertiary/aromatic N) is 2. The maximum Gasteiger partial charge on any atom is 0.317 e. The zero-order valence-corrected chi connectivity index (χ0v) is 9.89. The largest absolute Gasteiger partial charge is 0.481 e. The van der Waals surface area contributed by atoms with Gasteiger partial charge < -0.3 is 20.2 Å². The fourth-order valence-corrected chi connectivity index (χ4v) is 2.58. The van der Waals surface area contributed by atoms with Gasteiger partial charge in [-0.25, -0.2) is 4.79 Å². The first-order valence-electron chi connectivity index (χ1n) is 6.15. The van der Waals surface area contributed by atoms with Gasteiger partial charge in [-0.05, 0) is 19.4 Å². The Kier molecular flexibility index (Phi) is 3.83. The molecule has 0 bridgehead atoms. The average molecular weight is 241 g/mol. The number of carboxylic acid groups (broad SMARTS) is 1. The summed E-state index contributed by atoms with van der Waals surface area (Å²) in [5, 5.41) is 11.5. The fraction of sp³-hybridized carbons (Fsp3) is 0.818. The van der Waals surface area contributed by atoms with Crippen molar-refractivity contribution in [1.82, 2.24) is 15.1 Å². The minimum Gasteiger partial charge on any atom is -0.481 e. The van der Waals surface area contributed by atoms with E-state index in [-0.39, 0.29) is 18.5 Å². The summed E-state index contributed by atoms with van der Waals surface area (Å²) < 4.78 is 0. The Hall–Kier alpha value is -1.30. The maximum atomic E-state index is 11.5. The molecule has 0 spiro atoms. The van der Waals surface area contributed by atoms with Gasteiger partial charge in [0, 0.05) is 32.2 Å². The molecule has 96 valence electrons. The summed E-state index contributed by atoms with van der Waals surface area (Å²) in [5.41, 5.74) is 0. The lowest BCUT2D eigenvalue weighted by atomic mass is 10.0. The topological polar surface area (TPSA) is 72.9 Å². The first kappa shape index (κ1) is 12.2. The molecule has 2 amide bonds. The van der Waals surface area contributed by atoms with Crippen LogP contribution in [0.25, 0.3) is 0 Å². The molecule has 0 aromatic carbocycles. The minimum atomic E-state index is -0.758. The molecular formula is C11H19N3O3. The predicted molar refractivity (Wildman–Crippen MR) is 61.8 cm³/mol. The Morgan fingerprint density at radius 1 is 1.47 bits per heavy atom. The number of amides is 2. The first-order chi connectivity index (χ1) is 8.16. The molecule has 6 nitrogen and oxygen atoms in total. The summed E-state index contributed by atoms with van der Waals surface area (Å²) in [5.74, 6) is -0.758. The van der Waals surface area contributed by atoms with Gasteiger partial charge in [0.05, 0.1) is 6.42 Å². The molecule has 0 aromatic heterocycles. The molecule has 6 heteroatoms. The van der Waals surface area contributed by atoms with Crippen LogP contribution in [0, 0.1) is 0 Å². The molecule has 1 atom stereocenters. The summed E-state index contributed by atoms with van der Waals surface area (Å²) >= 11 is 0. The fourth-order valence-electron chi connectivity index (χ4n) is 2.58. The van der Waals surface area contributed by atoms with Crippen molar-refractivity contribution >= 4 is 12.0 Å². The van der Waals surface area contributed by atoms with E-state index in [1.54, 1.807) is 0 Å². The lowest BCUT2D eigenvalue weighted by Crippen LogP contribution is -2.49. The number of urea groups is 1. The molecule has 2 rings (SSSR count). The third-order valence-corrected chi connectivity index (χ3v) is 3.45. The molecule has 0 saturated carbocycles. The Bertz CT molecular complexity index is 308. The van der Waals surface area contributed by atoms with Crippen LogP contribution in [0.2, 0.25) is 0 Å². The van der Waals surface area contributed by atoms with Crippen molar-refractivity contribution in [1.29, 1.82) is 0 Å². The maximum absolute atomic E-state index is 11.5. The van der Waals surface area contributed by atoms with Gasteiger partial charge in [-0.1, -0.05) is 0 Å². The van der Waals surface area contributed by atoms with Crippen LogP contribution in [0.15, 0.2) is 0 Å². The molecule has 2 fully saturated rings. The highest BCUT2D eigenvalue weighted by Crippen LogP contribution is 2.17. The lowest BCUT2D eigenvalue weighted by molar-refractivity contribution is -0.137. The molecule has 2 aliphatic rings. The van der Waals surface area contributed by atoms with Crippen molar-refractivity contribution in [3.8, 4) is 0 Å². The van der Waals surface area contributed by atoms with Gasteiger partial charge in [-0.2, -0.15) is 0 Å². The third-order valence-electron chi connectivity index (χ3n) is 3.45. The van der Waals surface area contributed by atoms with Gasteiger partial charge in [0.1, 0.15) is 0 Å². The SMILES string of the molecule is O=C(O)CCN1CCC[C@@H](N2CCNC2=O)C1. The van der Waals surface area contributed by atoms with E-state index in [0.717, 1.165) is 39.0 Å². The third kappa shape index (κ3) is 3.09. The second kappa shape index (κ2) is 5.35. The van der Waals surface area contributed by atoms with Gasteiger partial charge in [0.15, 0.2) is 0 Å².